The fourth-order valence-corrected chi connectivity index (χ4v) is 2.61. The maximum atomic E-state index is 5.84. The van der Waals surface area contributed by atoms with Crippen LogP contribution in [-0.2, 0) is 17.6 Å². The van der Waals surface area contributed by atoms with Crippen molar-refractivity contribution in [2.45, 2.75) is 19.8 Å². The Hall–Kier alpha value is -1.55. The molecule has 3 N–H and O–H groups in total. The lowest BCUT2D eigenvalue weighted by Gasteiger charge is -2.21. The van der Waals surface area contributed by atoms with Gasteiger partial charge in [-0.05, 0) is 29.4 Å². The van der Waals surface area contributed by atoms with Gasteiger partial charge in [-0.1, -0.05) is 31.2 Å². The van der Waals surface area contributed by atoms with Crippen molar-refractivity contribution in [3.05, 3.63) is 35.4 Å². The second kappa shape index (κ2) is 6.06. The smallest absolute Gasteiger partial charge is 0.188 e. The van der Waals surface area contributed by atoms with Gasteiger partial charge >= 0.3 is 0 Å². The van der Waals surface area contributed by atoms with Crippen LogP contribution in [0, 0.1) is 5.41 Å². The Morgan fingerprint density at radius 3 is 2.58 bits per heavy atom. The summed E-state index contributed by atoms with van der Waals surface area (Å²) in [4.78, 5) is 4.46. The molecule has 0 saturated heterocycles. The average molecular weight is 261 g/mol. The minimum Gasteiger partial charge on any atom is -0.383 e. The number of nitrogens with zero attached hydrogens (tertiary/aromatic N) is 1. The molecule has 0 unspecified atom stereocenters. The van der Waals surface area contributed by atoms with Gasteiger partial charge in [0.25, 0.3) is 0 Å². The highest BCUT2D eigenvalue weighted by atomic mass is 16.5. The number of nitrogens with one attached hydrogen (secondary N) is 1. The quantitative estimate of drug-likeness (QED) is 0.478. The second-order valence-corrected chi connectivity index (χ2v) is 5.55. The van der Waals surface area contributed by atoms with Gasteiger partial charge in [0.2, 0.25) is 0 Å². The molecule has 0 spiro atoms. The van der Waals surface area contributed by atoms with E-state index in [1.165, 1.54) is 11.1 Å². The van der Waals surface area contributed by atoms with Gasteiger partial charge in [0.15, 0.2) is 5.96 Å². The molecule has 4 heteroatoms. The topological polar surface area (TPSA) is 59.6 Å². The first-order valence-corrected chi connectivity index (χ1v) is 6.72. The Morgan fingerprint density at radius 1 is 1.37 bits per heavy atom. The first kappa shape index (κ1) is 13.9. The molecule has 0 fully saturated rings. The molecule has 19 heavy (non-hydrogen) atoms. The highest BCUT2D eigenvalue weighted by Gasteiger charge is 2.32. The highest BCUT2D eigenvalue weighted by molar-refractivity contribution is 5.77. The van der Waals surface area contributed by atoms with Gasteiger partial charge in [0.1, 0.15) is 0 Å². The normalized spacial score (nSPS) is 17.3. The minimum atomic E-state index is 0.192. The SMILES string of the molecule is COCCNC(N)=NCC1(C)Cc2ccccc2C1. The molecule has 0 saturated carbocycles. The maximum Gasteiger partial charge on any atom is 0.188 e. The van der Waals surface area contributed by atoms with Gasteiger partial charge < -0.3 is 15.8 Å². The summed E-state index contributed by atoms with van der Waals surface area (Å²) in [6.45, 7) is 4.37. The van der Waals surface area contributed by atoms with Crippen LogP contribution in [0.3, 0.4) is 0 Å². The first-order valence-electron chi connectivity index (χ1n) is 6.72. The molecule has 104 valence electrons. The monoisotopic (exact) mass is 261 g/mol. The number of benzene rings is 1. The van der Waals surface area contributed by atoms with Crippen LogP contribution in [0.4, 0.5) is 0 Å². The Balaban J connectivity index is 1.88. The summed E-state index contributed by atoms with van der Waals surface area (Å²) in [5.41, 5.74) is 8.93. The van der Waals surface area contributed by atoms with Gasteiger partial charge in [-0.3, -0.25) is 4.99 Å². The fraction of sp³-hybridized carbons (Fsp3) is 0.533. The van der Waals surface area contributed by atoms with E-state index < -0.39 is 0 Å². The number of ether oxygens (including phenoxy) is 1. The Morgan fingerprint density at radius 2 is 2.00 bits per heavy atom. The molecule has 1 aliphatic carbocycles. The van der Waals surface area contributed by atoms with Crippen LogP contribution in [0.1, 0.15) is 18.1 Å². The number of hydrogen-bond donors (Lipinski definition) is 2. The van der Waals surface area contributed by atoms with Crippen LogP contribution in [0.15, 0.2) is 29.3 Å². The van der Waals surface area contributed by atoms with Crippen molar-refractivity contribution in [2.75, 3.05) is 26.8 Å². The third kappa shape index (κ3) is 3.70. The van der Waals surface area contributed by atoms with Crippen molar-refractivity contribution in [1.82, 2.24) is 5.32 Å². The molecular weight excluding hydrogens is 238 g/mol. The molecule has 0 aliphatic heterocycles. The lowest BCUT2D eigenvalue weighted by molar-refractivity contribution is 0.204. The maximum absolute atomic E-state index is 5.84. The van der Waals surface area contributed by atoms with E-state index in [1.807, 2.05) is 0 Å². The number of methoxy groups -OCH3 is 1. The number of aliphatic imine (C=N–C) groups is 1. The molecule has 0 amide bonds. The third-order valence-corrected chi connectivity index (χ3v) is 3.60. The highest BCUT2D eigenvalue weighted by Crippen LogP contribution is 2.36. The fourth-order valence-electron chi connectivity index (χ4n) is 2.61. The van der Waals surface area contributed by atoms with Crippen molar-refractivity contribution in [3.8, 4) is 0 Å². The van der Waals surface area contributed by atoms with E-state index >= 15 is 0 Å². The zero-order chi connectivity index (χ0) is 13.7. The first-order chi connectivity index (χ1) is 9.13. The molecule has 2 rings (SSSR count). The molecular formula is C15H23N3O. The van der Waals surface area contributed by atoms with E-state index in [-0.39, 0.29) is 5.41 Å². The van der Waals surface area contributed by atoms with E-state index in [4.69, 9.17) is 10.5 Å². The van der Waals surface area contributed by atoms with Crippen molar-refractivity contribution in [1.29, 1.82) is 0 Å². The van der Waals surface area contributed by atoms with Crippen molar-refractivity contribution in [2.24, 2.45) is 16.1 Å². The Bertz CT molecular complexity index is 431. The molecule has 0 atom stereocenters. The zero-order valence-electron chi connectivity index (χ0n) is 11.8. The van der Waals surface area contributed by atoms with E-state index in [1.54, 1.807) is 7.11 Å². The summed E-state index contributed by atoms with van der Waals surface area (Å²) in [6, 6.07) is 8.64. The van der Waals surface area contributed by atoms with Crippen molar-refractivity contribution >= 4 is 5.96 Å². The lowest BCUT2D eigenvalue weighted by Crippen LogP contribution is -2.35. The molecule has 1 aromatic rings. The Labute approximate surface area is 115 Å². The van der Waals surface area contributed by atoms with E-state index in [0.29, 0.717) is 19.1 Å². The van der Waals surface area contributed by atoms with Gasteiger partial charge in [-0.25, -0.2) is 0 Å². The van der Waals surface area contributed by atoms with Gasteiger partial charge in [0.05, 0.1) is 6.61 Å². The van der Waals surface area contributed by atoms with Crippen molar-refractivity contribution in [3.63, 3.8) is 0 Å². The largest absolute Gasteiger partial charge is 0.383 e. The van der Waals surface area contributed by atoms with Gasteiger partial charge in [-0.15, -0.1) is 0 Å². The van der Waals surface area contributed by atoms with Crippen LogP contribution in [0.2, 0.25) is 0 Å². The van der Waals surface area contributed by atoms with Crippen LogP contribution in [-0.4, -0.2) is 32.8 Å². The number of rotatable bonds is 5. The number of hydrogen-bond acceptors (Lipinski definition) is 2. The standard InChI is InChI=1S/C15H23N3O/c1-15(11-18-14(16)17-7-8-19-2)9-12-5-3-4-6-13(12)10-15/h3-6H,7-11H2,1-2H3,(H3,16,17,18). The van der Waals surface area contributed by atoms with Crippen LogP contribution in [0.5, 0.6) is 0 Å². The molecule has 4 nitrogen and oxygen atoms in total. The summed E-state index contributed by atoms with van der Waals surface area (Å²) in [7, 11) is 1.67. The predicted molar refractivity (Wildman–Crippen MR) is 78.3 cm³/mol. The molecule has 0 aromatic heterocycles. The predicted octanol–water partition coefficient (Wildman–Crippen LogP) is 1.34. The van der Waals surface area contributed by atoms with E-state index in [9.17, 15) is 0 Å². The summed E-state index contributed by atoms with van der Waals surface area (Å²) in [6.07, 6.45) is 2.16. The van der Waals surface area contributed by atoms with Crippen LogP contribution < -0.4 is 11.1 Å². The second-order valence-electron chi connectivity index (χ2n) is 5.55. The van der Waals surface area contributed by atoms with Gasteiger partial charge in [-0.2, -0.15) is 0 Å². The third-order valence-electron chi connectivity index (χ3n) is 3.60. The molecule has 1 aromatic carbocycles. The van der Waals surface area contributed by atoms with E-state index in [2.05, 4.69) is 41.5 Å². The zero-order valence-corrected chi connectivity index (χ0v) is 11.8. The van der Waals surface area contributed by atoms with Gasteiger partial charge in [0, 0.05) is 20.2 Å². The van der Waals surface area contributed by atoms with Crippen LogP contribution in [0.25, 0.3) is 0 Å². The number of nitrogens with two attached hydrogens (primary N) is 1. The molecule has 1 aliphatic rings. The Kier molecular flexibility index (Phi) is 4.43. The minimum absolute atomic E-state index is 0.192. The average Bonchev–Trinajstić information content (AvgIpc) is 2.73. The molecule has 0 bridgehead atoms. The van der Waals surface area contributed by atoms with E-state index in [0.717, 1.165) is 19.4 Å². The summed E-state index contributed by atoms with van der Waals surface area (Å²) < 4.78 is 4.96. The summed E-state index contributed by atoms with van der Waals surface area (Å²) in [5, 5.41) is 3.05. The summed E-state index contributed by atoms with van der Waals surface area (Å²) >= 11 is 0. The molecule has 0 heterocycles. The summed E-state index contributed by atoms with van der Waals surface area (Å²) in [5.74, 6) is 0.509. The number of guanidine groups is 1. The lowest BCUT2D eigenvalue weighted by atomic mass is 9.87. The van der Waals surface area contributed by atoms with Crippen LogP contribution >= 0.6 is 0 Å². The molecule has 0 radical (unpaired) electrons. The number of fused-ring (bicyclic) bond motifs is 1. The van der Waals surface area contributed by atoms with Crippen molar-refractivity contribution < 1.29 is 4.74 Å².